The van der Waals surface area contributed by atoms with E-state index >= 15 is 0 Å². The number of methoxy groups -OCH3 is 2. The highest BCUT2D eigenvalue weighted by Gasteiger charge is 2.25. The molecular formula is C21H26N4O4. The van der Waals surface area contributed by atoms with Crippen molar-refractivity contribution in [2.75, 3.05) is 27.3 Å². The van der Waals surface area contributed by atoms with Crippen molar-refractivity contribution < 1.29 is 19.1 Å². The lowest BCUT2D eigenvalue weighted by molar-refractivity contribution is -0.122. The van der Waals surface area contributed by atoms with Gasteiger partial charge in [-0.1, -0.05) is 6.07 Å². The van der Waals surface area contributed by atoms with Gasteiger partial charge in [0, 0.05) is 37.9 Å². The Balaban J connectivity index is 1.43. The number of nitrogens with zero attached hydrogens (tertiary/aromatic N) is 3. The molecule has 1 aromatic carbocycles. The van der Waals surface area contributed by atoms with Crippen molar-refractivity contribution in [3.63, 3.8) is 0 Å². The number of piperidine rings is 1. The van der Waals surface area contributed by atoms with Gasteiger partial charge in [0.1, 0.15) is 5.69 Å². The van der Waals surface area contributed by atoms with E-state index in [9.17, 15) is 9.59 Å². The van der Waals surface area contributed by atoms with Crippen molar-refractivity contribution in [3.8, 4) is 11.5 Å². The van der Waals surface area contributed by atoms with Crippen LogP contribution in [0.5, 0.6) is 11.5 Å². The van der Waals surface area contributed by atoms with Crippen molar-refractivity contribution in [1.29, 1.82) is 0 Å². The second kappa shape index (κ2) is 9.86. The predicted octanol–water partition coefficient (Wildman–Crippen LogP) is 1.85. The lowest BCUT2D eigenvalue weighted by Gasteiger charge is -2.32. The number of aromatic nitrogens is 2. The molecular weight excluding hydrogens is 372 g/mol. The van der Waals surface area contributed by atoms with E-state index in [1.54, 1.807) is 25.3 Å². The molecule has 1 aliphatic heterocycles. The maximum Gasteiger partial charge on any atom is 0.274 e. The minimum absolute atomic E-state index is 0.0125. The number of ether oxygens (including phenoxy) is 2. The van der Waals surface area contributed by atoms with Gasteiger partial charge >= 0.3 is 0 Å². The molecule has 1 aliphatic rings. The summed E-state index contributed by atoms with van der Waals surface area (Å²) in [5.74, 6) is 1.23. The third kappa shape index (κ3) is 5.43. The van der Waals surface area contributed by atoms with E-state index in [-0.39, 0.29) is 17.9 Å². The fourth-order valence-electron chi connectivity index (χ4n) is 3.39. The minimum Gasteiger partial charge on any atom is -0.493 e. The van der Waals surface area contributed by atoms with E-state index in [1.807, 2.05) is 18.2 Å². The monoisotopic (exact) mass is 398 g/mol. The van der Waals surface area contributed by atoms with Crippen LogP contribution in [0, 0.1) is 0 Å². The van der Waals surface area contributed by atoms with E-state index in [0.717, 1.165) is 18.4 Å². The van der Waals surface area contributed by atoms with Gasteiger partial charge in [-0.2, -0.15) is 0 Å². The second-order valence-electron chi connectivity index (χ2n) is 6.91. The van der Waals surface area contributed by atoms with E-state index in [4.69, 9.17) is 9.47 Å². The third-order valence-electron chi connectivity index (χ3n) is 5.02. The predicted molar refractivity (Wildman–Crippen MR) is 107 cm³/mol. The number of rotatable bonds is 7. The lowest BCUT2D eigenvalue weighted by Crippen LogP contribution is -2.46. The summed E-state index contributed by atoms with van der Waals surface area (Å²) in [4.78, 5) is 34.5. The topological polar surface area (TPSA) is 93.7 Å². The summed E-state index contributed by atoms with van der Waals surface area (Å²) in [6, 6.07) is 5.75. The van der Waals surface area contributed by atoms with E-state index in [0.29, 0.717) is 43.1 Å². The zero-order valence-electron chi connectivity index (χ0n) is 16.8. The van der Waals surface area contributed by atoms with Crippen LogP contribution in [0.1, 0.15) is 35.3 Å². The Bertz CT molecular complexity index is 836. The molecule has 0 spiro atoms. The fourth-order valence-corrected chi connectivity index (χ4v) is 3.39. The number of benzene rings is 1. The second-order valence-corrected chi connectivity index (χ2v) is 6.91. The Hall–Kier alpha value is -3.16. The summed E-state index contributed by atoms with van der Waals surface area (Å²) in [5, 5.41) is 3.08. The first-order valence-electron chi connectivity index (χ1n) is 9.66. The first-order valence-corrected chi connectivity index (χ1v) is 9.66. The standard InChI is InChI=1S/C21H26N4O4/c1-28-18-5-3-15(13-19(18)29-2)4-6-20(26)24-16-7-11-25(12-8-16)21(27)17-14-22-9-10-23-17/h3,5,9-10,13-14,16H,4,6-8,11-12H2,1-2H3,(H,24,26). The van der Waals surface area contributed by atoms with Crippen molar-refractivity contribution >= 4 is 11.8 Å². The van der Waals surface area contributed by atoms with Crippen LogP contribution in [0.25, 0.3) is 0 Å². The molecule has 0 bridgehead atoms. The lowest BCUT2D eigenvalue weighted by atomic mass is 10.0. The highest BCUT2D eigenvalue weighted by atomic mass is 16.5. The van der Waals surface area contributed by atoms with Crippen LogP contribution in [0.3, 0.4) is 0 Å². The first-order chi connectivity index (χ1) is 14.1. The number of carbonyl (C=O) groups is 2. The summed E-state index contributed by atoms with van der Waals surface area (Å²) in [6.07, 6.45) is 7.01. The van der Waals surface area contributed by atoms with Gasteiger partial charge in [-0.15, -0.1) is 0 Å². The van der Waals surface area contributed by atoms with Crippen molar-refractivity contribution in [2.24, 2.45) is 0 Å². The Morgan fingerprint density at radius 2 is 1.90 bits per heavy atom. The number of likely N-dealkylation sites (tertiary alicyclic amines) is 1. The molecule has 0 atom stereocenters. The summed E-state index contributed by atoms with van der Waals surface area (Å²) in [7, 11) is 3.19. The van der Waals surface area contributed by atoms with Gasteiger partial charge in [0.25, 0.3) is 5.91 Å². The fraction of sp³-hybridized carbons (Fsp3) is 0.429. The SMILES string of the molecule is COc1ccc(CCC(=O)NC2CCN(C(=O)c3cnccn3)CC2)cc1OC. The smallest absolute Gasteiger partial charge is 0.274 e. The molecule has 8 heteroatoms. The first kappa shape index (κ1) is 20.6. The molecule has 1 fully saturated rings. The summed E-state index contributed by atoms with van der Waals surface area (Å²) >= 11 is 0. The third-order valence-corrected chi connectivity index (χ3v) is 5.02. The average Bonchev–Trinajstić information content (AvgIpc) is 2.78. The summed E-state index contributed by atoms with van der Waals surface area (Å²) in [5.41, 5.74) is 1.37. The van der Waals surface area contributed by atoms with Gasteiger partial charge in [-0.3, -0.25) is 14.6 Å². The Morgan fingerprint density at radius 3 is 2.55 bits per heavy atom. The normalized spacial score (nSPS) is 14.3. The maximum atomic E-state index is 12.4. The molecule has 2 amide bonds. The van der Waals surface area contributed by atoms with Gasteiger partial charge in [0.05, 0.1) is 20.4 Å². The molecule has 154 valence electrons. The summed E-state index contributed by atoms with van der Waals surface area (Å²) < 4.78 is 10.5. The van der Waals surface area contributed by atoms with Gasteiger partial charge in [0.2, 0.25) is 5.91 Å². The zero-order valence-corrected chi connectivity index (χ0v) is 16.8. The van der Waals surface area contributed by atoms with Crippen LogP contribution < -0.4 is 14.8 Å². The number of carbonyl (C=O) groups excluding carboxylic acids is 2. The molecule has 1 N–H and O–H groups in total. The minimum atomic E-state index is -0.115. The van der Waals surface area contributed by atoms with E-state index < -0.39 is 0 Å². The molecule has 29 heavy (non-hydrogen) atoms. The number of hydrogen-bond acceptors (Lipinski definition) is 6. The van der Waals surface area contributed by atoms with Gasteiger partial charge in [0.15, 0.2) is 11.5 Å². The molecule has 0 unspecified atom stereocenters. The van der Waals surface area contributed by atoms with Gasteiger partial charge in [-0.25, -0.2) is 4.98 Å². The summed E-state index contributed by atoms with van der Waals surface area (Å²) in [6.45, 7) is 1.19. The zero-order chi connectivity index (χ0) is 20.6. The van der Waals surface area contributed by atoms with Crippen LogP contribution in [0.15, 0.2) is 36.8 Å². The van der Waals surface area contributed by atoms with Crippen molar-refractivity contribution in [2.45, 2.75) is 31.7 Å². The molecule has 2 aromatic rings. The highest BCUT2D eigenvalue weighted by molar-refractivity contribution is 5.92. The quantitative estimate of drug-likeness (QED) is 0.765. The van der Waals surface area contributed by atoms with Gasteiger partial charge < -0.3 is 19.7 Å². The average molecular weight is 398 g/mol. The van der Waals surface area contributed by atoms with Crippen molar-refractivity contribution in [1.82, 2.24) is 20.2 Å². The molecule has 0 aliphatic carbocycles. The molecule has 1 saturated heterocycles. The van der Waals surface area contributed by atoms with Crippen LogP contribution in [0.2, 0.25) is 0 Å². The van der Waals surface area contributed by atoms with Gasteiger partial charge in [-0.05, 0) is 37.0 Å². The Labute approximate surface area is 170 Å². The number of hydrogen-bond donors (Lipinski definition) is 1. The molecule has 3 rings (SSSR count). The number of amides is 2. The van der Waals surface area contributed by atoms with E-state index in [2.05, 4.69) is 15.3 Å². The number of nitrogens with one attached hydrogen (secondary N) is 1. The Morgan fingerprint density at radius 1 is 1.14 bits per heavy atom. The van der Waals surface area contributed by atoms with Crippen LogP contribution in [0.4, 0.5) is 0 Å². The number of aryl methyl sites for hydroxylation is 1. The van der Waals surface area contributed by atoms with Crippen LogP contribution >= 0.6 is 0 Å². The van der Waals surface area contributed by atoms with Crippen LogP contribution in [-0.4, -0.2) is 60.0 Å². The molecule has 0 radical (unpaired) electrons. The largest absolute Gasteiger partial charge is 0.493 e. The molecule has 8 nitrogen and oxygen atoms in total. The van der Waals surface area contributed by atoms with E-state index in [1.165, 1.54) is 12.4 Å². The molecule has 2 heterocycles. The van der Waals surface area contributed by atoms with Crippen molar-refractivity contribution in [3.05, 3.63) is 48.0 Å². The molecule has 1 aromatic heterocycles. The molecule has 0 saturated carbocycles. The van der Waals surface area contributed by atoms with Crippen LogP contribution in [-0.2, 0) is 11.2 Å². The maximum absolute atomic E-state index is 12.4. The highest BCUT2D eigenvalue weighted by Crippen LogP contribution is 2.28. The Kier molecular flexibility index (Phi) is 6.99.